The van der Waals surface area contributed by atoms with Crippen molar-refractivity contribution in [2.75, 3.05) is 0 Å². The molecule has 0 bridgehead atoms. The Labute approximate surface area is 124 Å². The summed E-state index contributed by atoms with van der Waals surface area (Å²) >= 11 is 0. The van der Waals surface area contributed by atoms with E-state index < -0.39 is 0 Å². The molecule has 0 aliphatic heterocycles. The molecule has 2 heteroatoms. The minimum atomic E-state index is -0.00685. The van der Waals surface area contributed by atoms with Crippen molar-refractivity contribution in [1.29, 1.82) is 0 Å². The van der Waals surface area contributed by atoms with E-state index >= 15 is 0 Å². The van der Waals surface area contributed by atoms with Crippen molar-refractivity contribution >= 4 is 6.08 Å². The predicted molar refractivity (Wildman–Crippen MR) is 84.2 cm³/mol. The molecule has 3 aromatic rings. The van der Waals surface area contributed by atoms with Crippen LogP contribution in [0.3, 0.4) is 0 Å². The van der Waals surface area contributed by atoms with Gasteiger partial charge < -0.3 is 8.83 Å². The Hall–Kier alpha value is -2.48. The van der Waals surface area contributed by atoms with Gasteiger partial charge in [0.15, 0.2) is 0 Å². The Morgan fingerprint density at radius 2 is 1.33 bits per heavy atom. The first-order chi connectivity index (χ1) is 10.2. The van der Waals surface area contributed by atoms with Crippen LogP contribution < -0.4 is 0 Å². The number of benzene rings is 1. The van der Waals surface area contributed by atoms with Gasteiger partial charge in [-0.3, -0.25) is 0 Å². The van der Waals surface area contributed by atoms with Crippen molar-refractivity contribution in [3.63, 3.8) is 0 Å². The molecule has 0 atom stereocenters. The van der Waals surface area contributed by atoms with Crippen molar-refractivity contribution in [2.24, 2.45) is 0 Å². The van der Waals surface area contributed by atoms with Crippen molar-refractivity contribution in [3.05, 3.63) is 89.3 Å². The first kappa shape index (κ1) is 13.5. The summed E-state index contributed by atoms with van der Waals surface area (Å²) in [7, 11) is 0. The smallest absolute Gasteiger partial charge is 0.118 e. The monoisotopic (exact) mass is 278 g/mol. The maximum atomic E-state index is 5.79. The summed E-state index contributed by atoms with van der Waals surface area (Å²) in [6.07, 6.45) is 4.21. The molecule has 21 heavy (non-hydrogen) atoms. The second-order valence-corrected chi connectivity index (χ2v) is 5.14. The van der Waals surface area contributed by atoms with Gasteiger partial charge in [-0.15, -0.1) is 0 Å². The van der Waals surface area contributed by atoms with Gasteiger partial charge in [0.1, 0.15) is 23.0 Å². The molecule has 2 nitrogen and oxygen atoms in total. The maximum Gasteiger partial charge on any atom is 0.118 e. The van der Waals surface area contributed by atoms with Crippen molar-refractivity contribution in [3.8, 4) is 0 Å². The van der Waals surface area contributed by atoms with Crippen LogP contribution >= 0.6 is 0 Å². The zero-order valence-electron chi connectivity index (χ0n) is 12.2. The molecule has 2 heterocycles. The Kier molecular flexibility index (Phi) is 3.78. The summed E-state index contributed by atoms with van der Waals surface area (Å²) in [5, 5.41) is 0. The summed E-state index contributed by atoms with van der Waals surface area (Å²) in [4.78, 5) is 0. The summed E-state index contributed by atoms with van der Waals surface area (Å²) in [5.74, 6) is 3.61. The largest absolute Gasteiger partial charge is 0.465 e. The molecule has 106 valence electrons. The lowest BCUT2D eigenvalue weighted by atomic mass is 10.0. The Morgan fingerprint density at radius 1 is 0.762 bits per heavy atom. The van der Waals surface area contributed by atoms with Crippen LogP contribution in [0.15, 0.2) is 69.5 Å². The molecular weight excluding hydrogens is 260 g/mol. The van der Waals surface area contributed by atoms with Crippen LogP contribution in [0.25, 0.3) is 6.08 Å². The SMILES string of the molecule is Cc1ccc(C(/C=C/c2ccccc2)c2ccc(C)o2)o1. The highest BCUT2D eigenvalue weighted by Gasteiger charge is 2.18. The molecule has 0 fully saturated rings. The van der Waals surface area contributed by atoms with Crippen LogP contribution in [0.1, 0.15) is 34.5 Å². The fourth-order valence-corrected chi connectivity index (χ4v) is 2.34. The summed E-state index contributed by atoms with van der Waals surface area (Å²) < 4.78 is 11.6. The topological polar surface area (TPSA) is 26.3 Å². The maximum absolute atomic E-state index is 5.79. The summed E-state index contributed by atoms with van der Waals surface area (Å²) in [5.41, 5.74) is 1.16. The van der Waals surface area contributed by atoms with Crippen LogP contribution in [-0.4, -0.2) is 0 Å². The molecule has 3 rings (SSSR count). The molecule has 0 amide bonds. The Bertz CT molecular complexity index is 692. The molecule has 0 N–H and O–H groups in total. The van der Waals surface area contributed by atoms with Crippen LogP contribution in [0.4, 0.5) is 0 Å². The molecule has 0 unspecified atom stereocenters. The summed E-state index contributed by atoms with van der Waals surface area (Å²) in [6, 6.07) is 18.2. The third-order valence-electron chi connectivity index (χ3n) is 3.42. The van der Waals surface area contributed by atoms with Gasteiger partial charge >= 0.3 is 0 Å². The standard InChI is InChI=1S/C19H18O2/c1-14-8-12-18(20-14)17(19-13-9-15(2)21-19)11-10-16-6-4-3-5-7-16/h3-13,17H,1-2H3/b11-10+. The van der Waals surface area contributed by atoms with Gasteiger partial charge in [-0.2, -0.15) is 0 Å². The zero-order valence-corrected chi connectivity index (χ0v) is 12.2. The highest BCUT2D eigenvalue weighted by molar-refractivity contribution is 5.51. The first-order valence-electron chi connectivity index (χ1n) is 7.08. The van der Waals surface area contributed by atoms with E-state index in [1.165, 1.54) is 0 Å². The van der Waals surface area contributed by atoms with Gasteiger partial charge in [0.05, 0.1) is 5.92 Å². The average molecular weight is 278 g/mol. The molecule has 0 radical (unpaired) electrons. The van der Waals surface area contributed by atoms with E-state index in [0.717, 1.165) is 28.6 Å². The van der Waals surface area contributed by atoms with Crippen molar-refractivity contribution < 1.29 is 8.83 Å². The molecule has 0 saturated carbocycles. The lowest BCUT2D eigenvalue weighted by Gasteiger charge is -2.07. The molecule has 0 aliphatic rings. The Balaban J connectivity index is 1.95. The molecular formula is C19H18O2. The second-order valence-electron chi connectivity index (χ2n) is 5.14. The van der Waals surface area contributed by atoms with E-state index in [0.29, 0.717) is 0 Å². The lowest BCUT2D eigenvalue weighted by Crippen LogP contribution is -1.94. The predicted octanol–water partition coefficient (Wildman–Crippen LogP) is 5.33. The second kappa shape index (κ2) is 5.88. The highest BCUT2D eigenvalue weighted by Crippen LogP contribution is 2.29. The fraction of sp³-hybridized carbons (Fsp3) is 0.158. The molecule has 0 aliphatic carbocycles. The van der Waals surface area contributed by atoms with Gasteiger partial charge in [-0.05, 0) is 43.7 Å². The fourth-order valence-electron chi connectivity index (χ4n) is 2.34. The molecule has 0 spiro atoms. The van der Waals surface area contributed by atoms with Crippen LogP contribution in [0.2, 0.25) is 0 Å². The number of furan rings is 2. The van der Waals surface area contributed by atoms with Gasteiger partial charge in [0.2, 0.25) is 0 Å². The van der Waals surface area contributed by atoms with Crippen LogP contribution in [0, 0.1) is 13.8 Å². The van der Waals surface area contributed by atoms with Crippen molar-refractivity contribution in [2.45, 2.75) is 19.8 Å². The van der Waals surface area contributed by atoms with E-state index in [1.54, 1.807) is 0 Å². The number of allylic oxidation sites excluding steroid dienone is 1. The zero-order chi connectivity index (χ0) is 14.7. The minimum absolute atomic E-state index is 0.00685. The third kappa shape index (κ3) is 3.16. The average Bonchev–Trinajstić information content (AvgIpc) is 3.10. The molecule has 0 saturated heterocycles. The molecule has 1 aromatic carbocycles. The number of rotatable bonds is 4. The highest BCUT2D eigenvalue weighted by atomic mass is 16.4. The van der Waals surface area contributed by atoms with E-state index in [9.17, 15) is 0 Å². The summed E-state index contributed by atoms with van der Waals surface area (Å²) in [6.45, 7) is 3.91. The van der Waals surface area contributed by atoms with Crippen LogP contribution in [-0.2, 0) is 0 Å². The minimum Gasteiger partial charge on any atom is -0.465 e. The van der Waals surface area contributed by atoms with E-state index in [4.69, 9.17) is 8.83 Å². The number of hydrogen-bond acceptors (Lipinski definition) is 2. The first-order valence-corrected chi connectivity index (χ1v) is 7.08. The quantitative estimate of drug-likeness (QED) is 0.644. The van der Waals surface area contributed by atoms with Gasteiger partial charge in [-0.25, -0.2) is 0 Å². The van der Waals surface area contributed by atoms with Gasteiger partial charge in [0.25, 0.3) is 0 Å². The van der Waals surface area contributed by atoms with Gasteiger partial charge in [-0.1, -0.05) is 42.5 Å². The number of aryl methyl sites for hydroxylation is 2. The third-order valence-corrected chi connectivity index (χ3v) is 3.42. The van der Waals surface area contributed by atoms with E-state index in [-0.39, 0.29) is 5.92 Å². The van der Waals surface area contributed by atoms with Gasteiger partial charge in [0, 0.05) is 0 Å². The molecule has 2 aromatic heterocycles. The number of hydrogen-bond donors (Lipinski definition) is 0. The van der Waals surface area contributed by atoms with E-state index in [2.05, 4.69) is 24.3 Å². The van der Waals surface area contributed by atoms with E-state index in [1.807, 2.05) is 56.3 Å². The van der Waals surface area contributed by atoms with Crippen molar-refractivity contribution in [1.82, 2.24) is 0 Å². The lowest BCUT2D eigenvalue weighted by molar-refractivity contribution is 0.432. The Morgan fingerprint density at radius 3 is 1.81 bits per heavy atom. The normalized spacial score (nSPS) is 11.6. The van der Waals surface area contributed by atoms with Crippen LogP contribution in [0.5, 0.6) is 0 Å².